The molecule has 21 heavy (non-hydrogen) atoms. The van der Waals surface area contributed by atoms with Crippen molar-refractivity contribution < 1.29 is 23.8 Å². The van der Waals surface area contributed by atoms with Gasteiger partial charge in [-0.1, -0.05) is 6.08 Å². The van der Waals surface area contributed by atoms with Crippen LogP contribution in [0, 0.1) is 5.92 Å². The molecule has 0 unspecified atom stereocenters. The summed E-state index contributed by atoms with van der Waals surface area (Å²) in [5.74, 6) is -0.264. The Hall–Kier alpha value is -1.78. The van der Waals surface area contributed by atoms with E-state index in [1.54, 1.807) is 13.8 Å². The van der Waals surface area contributed by atoms with Gasteiger partial charge in [0.1, 0.15) is 0 Å². The van der Waals surface area contributed by atoms with Crippen molar-refractivity contribution in [2.24, 2.45) is 5.92 Å². The number of hydrogen-bond acceptors (Lipinski definition) is 5. The van der Waals surface area contributed by atoms with Gasteiger partial charge in [0.25, 0.3) is 0 Å². The summed E-state index contributed by atoms with van der Waals surface area (Å²) in [6, 6.07) is 0. The maximum atomic E-state index is 11.4. The Morgan fingerprint density at radius 1 is 0.905 bits per heavy atom. The highest BCUT2D eigenvalue weighted by atomic mass is 16.5. The summed E-state index contributed by atoms with van der Waals surface area (Å²) in [5.41, 5.74) is 1.12. The lowest BCUT2D eigenvalue weighted by Crippen LogP contribution is -2.20. The van der Waals surface area contributed by atoms with E-state index < -0.39 is 0 Å². The second-order valence-electron chi connectivity index (χ2n) is 5.31. The first-order chi connectivity index (χ1) is 9.97. The average Bonchev–Trinajstić information content (AvgIpc) is 2.52. The lowest BCUT2D eigenvalue weighted by atomic mass is 9.86. The molecule has 0 spiro atoms. The van der Waals surface area contributed by atoms with Crippen LogP contribution in [0.2, 0.25) is 0 Å². The van der Waals surface area contributed by atoms with E-state index in [4.69, 9.17) is 4.74 Å². The Kier molecular flexibility index (Phi) is 6.99. The lowest BCUT2D eigenvalue weighted by molar-refractivity contribution is -0.137. The maximum Gasteiger partial charge on any atom is 0.336 e. The molecule has 0 aliphatic heterocycles. The van der Waals surface area contributed by atoms with E-state index in [-0.39, 0.29) is 18.0 Å². The number of ether oxygens (including phenoxy) is 3. The zero-order chi connectivity index (χ0) is 15.8. The molecular formula is C16H24O5. The zero-order valence-electron chi connectivity index (χ0n) is 13.2. The molecule has 1 aliphatic carbocycles. The molecule has 0 atom stereocenters. The van der Waals surface area contributed by atoms with Crippen LogP contribution in [0.25, 0.3) is 0 Å². The first kappa shape index (κ1) is 17.3. The van der Waals surface area contributed by atoms with E-state index in [0.29, 0.717) is 17.1 Å². The summed E-state index contributed by atoms with van der Waals surface area (Å²) < 4.78 is 14.9. The van der Waals surface area contributed by atoms with Crippen molar-refractivity contribution in [3.8, 4) is 0 Å². The van der Waals surface area contributed by atoms with Gasteiger partial charge in [0.05, 0.1) is 32.2 Å². The van der Waals surface area contributed by atoms with Crippen LogP contribution in [-0.2, 0) is 23.8 Å². The number of methoxy groups -OCH3 is 2. The van der Waals surface area contributed by atoms with Crippen LogP contribution in [0.4, 0.5) is 0 Å². The minimum absolute atomic E-state index is 0.118. The van der Waals surface area contributed by atoms with Crippen LogP contribution in [-0.4, -0.2) is 32.3 Å². The highest BCUT2D eigenvalue weighted by Gasteiger charge is 2.21. The quantitative estimate of drug-likeness (QED) is 0.443. The molecule has 1 fully saturated rings. The molecule has 1 saturated carbocycles. The molecule has 5 heteroatoms. The largest absolute Gasteiger partial charge is 0.497 e. The third kappa shape index (κ3) is 5.61. The smallest absolute Gasteiger partial charge is 0.336 e. The van der Waals surface area contributed by atoms with Crippen LogP contribution in [0.1, 0.15) is 39.5 Å². The Morgan fingerprint density at radius 2 is 1.43 bits per heavy atom. The van der Waals surface area contributed by atoms with Gasteiger partial charge in [0.15, 0.2) is 0 Å². The fourth-order valence-electron chi connectivity index (χ4n) is 2.38. The standard InChI is InChI=1S/C16H24O5/c1-11(15(17)19-3)9-13-5-7-14(8-6-13)21-10-12(2)16(18)20-4/h9-10,13-14H,5-8H2,1-4H3/b11-9+,12-10+. The predicted molar refractivity (Wildman–Crippen MR) is 78.4 cm³/mol. The van der Waals surface area contributed by atoms with Crippen LogP contribution in [0.5, 0.6) is 0 Å². The van der Waals surface area contributed by atoms with E-state index in [1.165, 1.54) is 20.5 Å². The second-order valence-corrected chi connectivity index (χ2v) is 5.31. The molecular weight excluding hydrogens is 272 g/mol. The van der Waals surface area contributed by atoms with E-state index in [9.17, 15) is 9.59 Å². The van der Waals surface area contributed by atoms with Crippen molar-refractivity contribution in [2.45, 2.75) is 45.6 Å². The molecule has 1 aliphatic rings. The number of carbonyl (C=O) groups excluding carboxylic acids is 2. The van der Waals surface area contributed by atoms with Gasteiger partial charge in [0, 0.05) is 5.57 Å². The molecule has 118 valence electrons. The Labute approximate surface area is 125 Å². The normalized spacial score (nSPS) is 23.4. The molecule has 5 nitrogen and oxygen atoms in total. The van der Waals surface area contributed by atoms with E-state index in [1.807, 2.05) is 6.08 Å². The van der Waals surface area contributed by atoms with Crippen molar-refractivity contribution in [1.82, 2.24) is 0 Å². The molecule has 0 aromatic carbocycles. The summed E-state index contributed by atoms with van der Waals surface area (Å²) in [6.07, 6.45) is 7.31. The van der Waals surface area contributed by atoms with Crippen molar-refractivity contribution in [3.05, 3.63) is 23.5 Å². The third-order valence-electron chi connectivity index (χ3n) is 3.66. The number of allylic oxidation sites excluding steroid dienone is 1. The summed E-state index contributed by atoms with van der Waals surface area (Å²) in [5, 5.41) is 0. The topological polar surface area (TPSA) is 61.8 Å². The van der Waals surface area contributed by atoms with Gasteiger partial charge in [-0.25, -0.2) is 9.59 Å². The van der Waals surface area contributed by atoms with Gasteiger partial charge in [-0.05, 0) is 45.4 Å². The molecule has 0 radical (unpaired) electrons. The van der Waals surface area contributed by atoms with Crippen LogP contribution < -0.4 is 0 Å². The summed E-state index contributed by atoms with van der Waals surface area (Å²) in [4.78, 5) is 22.6. The molecule has 0 bridgehead atoms. The van der Waals surface area contributed by atoms with Crippen molar-refractivity contribution in [3.63, 3.8) is 0 Å². The first-order valence-corrected chi connectivity index (χ1v) is 7.15. The number of carbonyl (C=O) groups is 2. The average molecular weight is 296 g/mol. The number of rotatable bonds is 5. The summed E-state index contributed by atoms with van der Waals surface area (Å²) in [6.45, 7) is 3.44. The highest BCUT2D eigenvalue weighted by Crippen LogP contribution is 2.28. The SMILES string of the molecule is COC(=O)/C(C)=C/OC1CCC(/C=C(\C)C(=O)OC)CC1. The number of esters is 2. The molecule has 0 saturated heterocycles. The van der Waals surface area contributed by atoms with Gasteiger partial charge in [-0.2, -0.15) is 0 Å². The van der Waals surface area contributed by atoms with E-state index in [2.05, 4.69) is 9.47 Å². The molecule has 0 aromatic rings. The summed E-state index contributed by atoms with van der Waals surface area (Å²) in [7, 11) is 2.74. The Balaban J connectivity index is 2.42. The molecule has 0 N–H and O–H groups in total. The zero-order valence-corrected chi connectivity index (χ0v) is 13.2. The fraction of sp³-hybridized carbons (Fsp3) is 0.625. The van der Waals surface area contributed by atoms with Gasteiger partial charge >= 0.3 is 11.9 Å². The molecule has 0 amide bonds. The Morgan fingerprint density at radius 3 is 1.95 bits per heavy atom. The van der Waals surface area contributed by atoms with Gasteiger partial charge in [-0.15, -0.1) is 0 Å². The minimum Gasteiger partial charge on any atom is -0.497 e. The number of hydrogen-bond donors (Lipinski definition) is 0. The van der Waals surface area contributed by atoms with E-state index in [0.717, 1.165) is 25.7 Å². The van der Waals surface area contributed by atoms with Crippen molar-refractivity contribution in [2.75, 3.05) is 14.2 Å². The lowest BCUT2D eigenvalue weighted by Gasteiger charge is -2.26. The van der Waals surface area contributed by atoms with Crippen LogP contribution in [0.15, 0.2) is 23.5 Å². The monoisotopic (exact) mass is 296 g/mol. The Bertz CT molecular complexity index is 428. The van der Waals surface area contributed by atoms with Crippen molar-refractivity contribution >= 4 is 11.9 Å². The van der Waals surface area contributed by atoms with Gasteiger partial charge in [0.2, 0.25) is 0 Å². The minimum atomic E-state index is -0.375. The third-order valence-corrected chi connectivity index (χ3v) is 3.66. The fourth-order valence-corrected chi connectivity index (χ4v) is 2.38. The maximum absolute atomic E-state index is 11.4. The molecule has 0 aromatic heterocycles. The molecule has 0 heterocycles. The van der Waals surface area contributed by atoms with E-state index >= 15 is 0 Å². The van der Waals surface area contributed by atoms with Crippen molar-refractivity contribution in [1.29, 1.82) is 0 Å². The van der Waals surface area contributed by atoms with Gasteiger partial charge in [-0.3, -0.25) is 0 Å². The second kappa shape index (κ2) is 8.49. The summed E-state index contributed by atoms with van der Waals surface area (Å²) >= 11 is 0. The highest BCUT2D eigenvalue weighted by molar-refractivity contribution is 5.87. The molecule has 1 rings (SSSR count). The van der Waals surface area contributed by atoms with Gasteiger partial charge < -0.3 is 14.2 Å². The predicted octanol–water partition coefficient (Wildman–Crippen LogP) is 2.76. The van der Waals surface area contributed by atoms with Crippen LogP contribution >= 0.6 is 0 Å². The first-order valence-electron chi connectivity index (χ1n) is 7.15. The van der Waals surface area contributed by atoms with Crippen LogP contribution in [0.3, 0.4) is 0 Å².